The van der Waals surface area contributed by atoms with Crippen LogP contribution in [0.4, 0.5) is 0 Å². The van der Waals surface area contributed by atoms with E-state index in [2.05, 4.69) is 76.6 Å². The van der Waals surface area contributed by atoms with Gasteiger partial charge in [-0.2, -0.15) is 0 Å². The van der Waals surface area contributed by atoms with Crippen LogP contribution in [0.1, 0.15) is 17.2 Å². The Morgan fingerprint density at radius 2 is 1.32 bits per heavy atom. The number of ether oxygens (including phenoxy) is 1. The minimum atomic E-state index is -0.470. The zero-order chi connectivity index (χ0) is 21.5. The number of aliphatic hydroxyl groups is 1. The van der Waals surface area contributed by atoms with E-state index < -0.39 is 6.10 Å². The van der Waals surface area contributed by atoms with Gasteiger partial charge in [-0.25, -0.2) is 0 Å². The lowest BCUT2D eigenvalue weighted by Gasteiger charge is -2.35. The number of rotatable bonds is 8. The maximum absolute atomic E-state index is 10.5. The maximum atomic E-state index is 10.5. The van der Waals surface area contributed by atoms with Crippen LogP contribution in [0.3, 0.4) is 0 Å². The van der Waals surface area contributed by atoms with Crippen molar-refractivity contribution in [2.24, 2.45) is 0 Å². The fraction of sp³-hybridized carbons (Fsp3) is 0.308. The molecule has 4 rings (SSSR count). The highest BCUT2D eigenvalue weighted by atomic mass is 79.9. The topological polar surface area (TPSA) is 38.3 Å². The normalized spacial score (nSPS) is 19.8. The lowest BCUT2D eigenvalue weighted by atomic mass is 9.96. The van der Waals surface area contributed by atoms with Crippen LogP contribution >= 0.6 is 15.9 Å². The van der Waals surface area contributed by atoms with Gasteiger partial charge in [-0.3, -0.25) is 0 Å². The molecule has 0 spiro atoms. The molecule has 1 atom stereocenters. The average molecular weight is 483 g/mol. The number of para-hydroxylation sites is 1. The molecule has 4 nitrogen and oxygen atoms in total. The smallest absolute Gasteiger partial charge is 0.139 e. The van der Waals surface area contributed by atoms with E-state index in [1.807, 2.05) is 24.3 Å². The molecule has 31 heavy (non-hydrogen) atoms. The highest BCUT2D eigenvalue weighted by Gasteiger charge is 2.32. The summed E-state index contributed by atoms with van der Waals surface area (Å²) in [5.74, 6) is 0.777. The van der Waals surface area contributed by atoms with Crippen LogP contribution in [0.5, 0.6) is 5.75 Å². The van der Waals surface area contributed by atoms with Crippen LogP contribution in [0.25, 0.3) is 0 Å². The Kier molecular flexibility index (Phi) is 7.76. The third-order valence-corrected chi connectivity index (χ3v) is 6.72. The fourth-order valence-electron chi connectivity index (χ4n) is 4.51. The maximum Gasteiger partial charge on any atom is 0.139 e. The van der Waals surface area contributed by atoms with Crippen molar-refractivity contribution in [2.75, 3.05) is 39.3 Å². The molecule has 0 radical (unpaired) electrons. The van der Waals surface area contributed by atoms with Crippen molar-refractivity contribution in [1.82, 2.24) is 0 Å². The van der Waals surface area contributed by atoms with Gasteiger partial charge in [-0.1, -0.05) is 72.8 Å². The first-order valence-corrected chi connectivity index (χ1v) is 11.8. The number of piperazine rings is 1. The van der Waals surface area contributed by atoms with Gasteiger partial charge in [0.1, 0.15) is 57.2 Å². The Morgan fingerprint density at radius 3 is 1.90 bits per heavy atom. The summed E-state index contributed by atoms with van der Waals surface area (Å²) < 4.78 is 6.72. The summed E-state index contributed by atoms with van der Waals surface area (Å²) >= 11 is 3.49. The third-order valence-electron chi connectivity index (χ3n) is 6.07. The van der Waals surface area contributed by atoms with Gasteiger partial charge in [0.05, 0.1) is 4.47 Å². The van der Waals surface area contributed by atoms with Gasteiger partial charge in [0, 0.05) is 11.1 Å². The Labute approximate surface area is 193 Å². The fourth-order valence-corrected chi connectivity index (χ4v) is 4.91. The van der Waals surface area contributed by atoms with Crippen molar-refractivity contribution in [3.8, 4) is 5.75 Å². The lowest BCUT2D eigenvalue weighted by Crippen LogP contribution is -3.28. The number of hydrogen-bond acceptors (Lipinski definition) is 2. The van der Waals surface area contributed by atoms with Gasteiger partial charge in [-0.05, 0) is 28.1 Å². The van der Waals surface area contributed by atoms with E-state index in [1.54, 1.807) is 4.90 Å². The van der Waals surface area contributed by atoms with Gasteiger partial charge in [0.25, 0.3) is 0 Å². The molecule has 5 heteroatoms. The zero-order valence-electron chi connectivity index (χ0n) is 17.7. The van der Waals surface area contributed by atoms with Crippen molar-refractivity contribution >= 4 is 15.9 Å². The molecule has 0 aliphatic carbocycles. The quantitative estimate of drug-likeness (QED) is 0.457. The van der Waals surface area contributed by atoms with Crippen molar-refractivity contribution < 1.29 is 19.6 Å². The van der Waals surface area contributed by atoms with Crippen LogP contribution in [0.2, 0.25) is 0 Å². The largest absolute Gasteiger partial charge is 0.489 e. The van der Waals surface area contributed by atoms with Crippen molar-refractivity contribution in [3.63, 3.8) is 0 Å². The minimum absolute atomic E-state index is 0.319. The molecule has 1 saturated heterocycles. The lowest BCUT2D eigenvalue weighted by molar-refractivity contribution is -1.02. The van der Waals surface area contributed by atoms with Crippen molar-refractivity contribution in [2.45, 2.75) is 12.1 Å². The minimum Gasteiger partial charge on any atom is -0.489 e. The van der Waals surface area contributed by atoms with Crippen LogP contribution in [-0.4, -0.2) is 50.5 Å². The van der Waals surface area contributed by atoms with Gasteiger partial charge in [0.2, 0.25) is 0 Å². The van der Waals surface area contributed by atoms with E-state index in [0.29, 0.717) is 12.6 Å². The van der Waals surface area contributed by atoms with E-state index in [4.69, 9.17) is 4.74 Å². The average Bonchev–Trinajstić information content (AvgIpc) is 2.81. The predicted octanol–water partition coefficient (Wildman–Crippen LogP) is 1.76. The van der Waals surface area contributed by atoms with Gasteiger partial charge >= 0.3 is 0 Å². The number of nitrogens with one attached hydrogen (secondary N) is 2. The first kappa shape index (κ1) is 22.0. The summed E-state index contributed by atoms with van der Waals surface area (Å²) in [6, 6.07) is 29.8. The van der Waals surface area contributed by atoms with Gasteiger partial charge in [0.15, 0.2) is 0 Å². The summed E-state index contributed by atoms with van der Waals surface area (Å²) in [5.41, 5.74) is 2.74. The van der Waals surface area contributed by atoms with Crippen molar-refractivity contribution in [3.05, 3.63) is 101 Å². The first-order chi connectivity index (χ1) is 15.2. The van der Waals surface area contributed by atoms with E-state index in [-0.39, 0.29) is 0 Å². The second kappa shape index (κ2) is 10.9. The summed E-state index contributed by atoms with van der Waals surface area (Å²) in [6.07, 6.45) is -0.470. The molecule has 0 amide bonds. The molecule has 1 aliphatic heterocycles. The Hall–Kier alpha value is -2.18. The molecule has 1 aliphatic rings. The standard InChI is InChI=1S/C26H29BrN2O2/c27-24-13-7-8-14-25(24)31-20-23(30)19-28-15-17-29(18-16-28)26(21-9-3-1-4-10-21)22-11-5-2-6-12-22/h1-14,23,26,30H,15-20H2/p+2/t23-/m0/s1. The predicted molar refractivity (Wildman–Crippen MR) is 127 cm³/mol. The van der Waals surface area contributed by atoms with E-state index >= 15 is 0 Å². The first-order valence-electron chi connectivity index (χ1n) is 11.0. The van der Waals surface area contributed by atoms with Crippen LogP contribution in [0, 0.1) is 0 Å². The molecule has 1 fully saturated rings. The highest BCUT2D eigenvalue weighted by molar-refractivity contribution is 9.10. The summed E-state index contributed by atoms with van der Waals surface area (Å²) in [7, 11) is 0. The molecule has 0 saturated carbocycles. The number of benzene rings is 3. The zero-order valence-corrected chi connectivity index (χ0v) is 19.3. The number of aliphatic hydroxyl groups excluding tert-OH is 1. The Morgan fingerprint density at radius 1 is 0.774 bits per heavy atom. The molecule has 0 bridgehead atoms. The number of quaternary nitrogens is 2. The van der Waals surface area contributed by atoms with Crippen molar-refractivity contribution in [1.29, 1.82) is 0 Å². The van der Waals surface area contributed by atoms with E-state index in [1.165, 1.54) is 16.0 Å². The molecule has 162 valence electrons. The number of hydrogen-bond donors (Lipinski definition) is 3. The SMILES string of the molecule is O[C@H](COc1ccccc1Br)C[NH+]1CC[NH+](C(c2ccccc2)c2ccccc2)CC1. The second-order valence-corrected chi connectivity index (χ2v) is 9.12. The summed E-state index contributed by atoms with van der Waals surface area (Å²) in [5, 5.41) is 10.5. The van der Waals surface area contributed by atoms with Crippen LogP contribution < -0.4 is 14.5 Å². The summed E-state index contributed by atoms with van der Waals surface area (Å²) in [4.78, 5) is 3.05. The van der Waals surface area contributed by atoms with E-state index in [9.17, 15) is 5.11 Å². The molecule has 1 heterocycles. The van der Waals surface area contributed by atoms with Gasteiger partial charge < -0.3 is 19.6 Å². The van der Waals surface area contributed by atoms with Gasteiger partial charge in [-0.15, -0.1) is 0 Å². The molecule has 0 aromatic heterocycles. The third kappa shape index (κ3) is 5.95. The Bertz CT molecular complexity index is 891. The molecule has 0 unspecified atom stereocenters. The van der Waals surface area contributed by atoms with E-state index in [0.717, 1.165) is 42.9 Å². The van der Waals surface area contributed by atoms with Crippen LogP contribution in [-0.2, 0) is 0 Å². The molecule has 3 aromatic rings. The molecule has 3 aromatic carbocycles. The molecular formula is C26H31BrN2O2+2. The number of halogens is 1. The van der Waals surface area contributed by atoms with Crippen LogP contribution in [0.15, 0.2) is 89.4 Å². The Balaban J connectivity index is 1.33. The summed E-state index contributed by atoms with van der Waals surface area (Å²) in [6.45, 7) is 5.32. The monoisotopic (exact) mass is 482 g/mol. The highest BCUT2D eigenvalue weighted by Crippen LogP contribution is 2.23. The molecule has 3 N–H and O–H groups in total. The molecular weight excluding hydrogens is 452 g/mol. The second-order valence-electron chi connectivity index (χ2n) is 8.26.